The highest BCUT2D eigenvalue weighted by atomic mass is 19.4. The lowest BCUT2D eigenvalue weighted by atomic mass is 10.1. The third kappa shape index (κ3) is 10.8. The van der Waals surface area contributed by atoms with Crippen LogP contribution in [0.1, 0.15) is 54.4 Å². The summed E-state index contributed by atoms with van der Waals surface area (Å²) in [4.78, 5) is 28.7. The Morgan fingerprint density at radius 1 is 0.902 bits per heavy atom. The number of carboxylic acids is 1. The fourth-order valence-corrected chi connectivity index (χ4v) is 4.92. The fraction of sp³-hybridized carbons (Fsp3) is 0.484. The van der Waals surface area contributed by atoms with Gasteiger partial charge < -0.3 is 24.5 Å². The van der Waals surface area contributed by atoms with Gasteiger partial charge in [0.05, 0.1) is 6.61 Å². The Bertz CT molecular complexity index is 1110. The van der Waals surface area contributed by atoms with Gasteiger partial charge in [0.1, 0.15) is 5.75 Å². The van der Waals surface area contributed by atoms with Crippen LogP contribution in [0.25, 0.3) is 6.08 Å². The van der Waals surface area contributed by atoms with E-state index in [2.05, 4.69) is 40.6 Å². The summed E-state index contributed by atoms with van der Waals surface area (Å²) in [5.74, 6) is -1.72. The molecular formula is C31H40F3N3O4. The lowest BCUT2D eigenvalue weighted by Gasteiger charge is -2.36. The number of rotatable bonds is 8. The van der Waals surface area contributed by atoms with E-state index in [0.717, 1.165) is 62.6 Å². The number of alkyl halides is 3. The zero-order valence-electron chi connectivity index (χ0n) is 23.5. The van der Waals surface area contributed by atoms with Gasteiger partial charge in [0.15, 0.2) is 0 Å². The molecule has 0 radical (unpaired) electrons. The Labute approximate surface area is 240 Å². The number of benzene rings is 2. The highest BCUT2D eigenvalue weighted by Crippen LogP contribution is 2.22. The molecule has 0 spiro atoms. The van der Waals surface area contributed by atoms with E-state index >= 15 is 0 Å². The number of nitrogens with zero attached hydrogens (tertiary/aromatic N) is 3. The summed E-state index contributed by atoms with van der Waals surface area (Å²) in [6.07, 6.45) is 4.63. The molecule has 0 saturated carbocycles. The van der Waals surface area contributed by atoms with Gasteiger partial charge in [-0.05, 0) is 74.3 Å². The van der Waals surface area contributed by atoms with Crippen molar-refractivity contribution >= 4 is 23.6 Å². The average Bonchev–Trinajstić information content (AvgIpc) is 2.96. The third-order valence-corrected chi connectivity index (χ3v) is 7.22. The molecule has 0 atom stereocenters. The smallest absolute Gasteiger partial charge is 0.490 e. The molecule has 0 aromatic heterocycles. The molecule has 2 heterocycles. The predicted octanol–water partition coefficient (Wildman–Crippen LogP) is 5.96. The third-order valence-electron chi connectivity index (χ3n) is 7.22. The summed E-state index contributed by atoms with van der Waals surface area (Å²) >= 11 is 0. The minimum atomic E-state index is -5.08. The molecule has 2 fully saturated rings. The number of hydrogen-bond acceptors (Lipinski definition) is 5. The molecule has 1 N–H and O–H groups in total. The van der Waals surface area contributed by atoms with Crippen LogP contribution in [-0.2, 0) is 4.79 Å². The first-order valence-electron chi connectivity index (χ1n) is 14.2. The molecule has 7 nitrogen and oxygen atoms in total. The molecule has 224 valence electrons. The van der Waals surface area contributed by atoms with Crippen molar-refractivity contribution in [1.82, 2.24) is 9.80 Å². The highest BCUT2D eigenvalue weighted by Gasteiger charge is 2.38. The van der Waals surface area contributed by atoms with Crippen LogP contribution in [0, 0.1) is 0 Å². The number of anilines is 1. The van der Waals surface area contributed by atoms with Gasteiger partial charge in [-0.2, -0.15) is 13.2 Å². The van der Waals surface area contributed by atoms with Crippen molar-refractivity contribution in [1.29, 1.82) is 0 Å². The van der Waals surface area contributed by atoms with Gasteiger partial charge in [-0.1, -0.05) is 44.1 Å². The van der Waals surface area contributed by atoms with Gasteiger partial charge >= 0.3 is 12.1 Å². The van der Waals surface area contributed by atoms with Crippen LogP contribution >= 0.6 is 0 Å². The van der Waals surface area contributed by atoms with E-state index in [-0.39, 0.29) is 5.91 Å². The average molecular weight is 576 g/mol. The standard InChI is InChI=1S/C29H39N3O2.C2HF3O2/c1-2-25-10-8-11-26(24-25)29(33)32-21-19-31(20-22-32)27-12-14-28(15-13-27)34-23-9-18-30-16-6-4-3-5-7-17-30;3-2(4,5)1(6)7/h2,8,10-15,24H,1,3-7,9,16-23H2;(H,6,7). The second kappa shape index (κ2) is 16.0. The molecule has 0 unspecified atom stereocenters. The highest BCUT2D eigenvalue weighted by molar-refractivity contribution is 5.95. The summed E-state index contributed by atoms with van der Waals surface area (Å²) in [7, 11) is 0. The molecule has 2 saturated heterocycles. The van der Waals surface area contributed by atoms with Gasteiger partial charge in [-0.3, -0.25) is 4.79 Å². The molecule has 1 amide bonds. The quantitative estimate of drug-likeness (QED) is 0.392. The van der Waals surface area contributed by atoms with Crippen LogP contribution in [-0.4, -0.2) is 85.4 Å². The van der Waals surface area contributed by atoms with Gasteiger partial charge in [-0.15, -0.1) is 0 Å². The molecule has 2 aliphatic heterocycles. The van der Waals surface area contributed by atoms with E-state index in [1.165, 1.54) is 50.9 Å². The summed E-state index contributed by atoms with van der Waals surface area (Å²) in [6, 6.07) is 16.1. The van der Waals surface area contributed by atoms with E-state index in [9.17, 15) is 18.0 Å². The monoisotopic (exact) mass is 575 g/mol. The minimum Gasteiger partial charge on any atom is -0.494 e. The van der Waals surface area contributed by atoms with Crippen molar-refractivity contribution in [3.8, 4) is 5.75 Å². The molecule has 2 aliphatic rings. The zero-order chi connectivity index (χ0) is 29.7. The Hall–Kier alpha value is -3.53. The number of aliphatic carboxylic acids is 1. The van der Waals surface area contributed by atoms with Crippen LogP contribution in [0.15, 0.2) is 55.1 Å². The van der Waals surface area contributed by atoms with Crippen molar-refractivity contribution in [3.63, 3.8) is 0 Å². The Morgan fingerprint density at radius 3 is 2.10 bits per heavy atom. The molecular weight excluding hydrogens is 535 g/mol. The van der Waals surface area contributed by atoms with Gasteiger partial charge in [-0.25, -0.2) is 4.79 Å². The molecule has 41 heavy (non-hydrogen) atoms. The first-order valence-corrected chi connectivity index (χ1v) is 14.2. The van der Waals surface area contributed by atoms with Crippen molar-refractivity contribution in [3.05, 3.63) is 66.2 Å². The summed E-state index contributed by atoms with van der Waals surface area (Å²) < 4.78 is 37.7. The van der Waals surface area contributed by atoms with Crippen LogP contribution in [0.4, 0.5) is 18.9 Å². The SMILES string of the molecule is C=Cc1cccc(C(=O)N2CCN(c3ccc(OCCCN4CCCCCCC4)cc3)CC2)c1.O=C(O)C(F)(F)F. The van der Waals surface area contributed by atoms with Crippen molar-refractivity contribution in [2.75, 3.05) is 57.3 Å². The fourth-order valence-electron chi connectivity index (χ4n) is 4.92. The Kier molecular flexibility index (Phi) is 12.5. The summed E-state index contributed by atoms with van der Waals surface area (Å²) in [5, 5.41) is 7.12. The maximum Gasteiger partial charge on any atom is 0.490 e. The van der Waals surface area contributed by atoms with Crippen molar-refractivity contribution < 1.29 is 32.6 Å². The van der Waals surface area contributed by atoms with E-state index in [0.29, 0.717) is 0 Å². The van der Waals surface area contributed by atoms with Crippen LogP contribution in [0.3, 0.4) is 0 Å². The molecule has 2 aromatic rings. The molecule has 0 bridgehead atoms. The topological polar surface area (TPSA) is 73.3 Å². The predicted molar refractivity (Wildman–Crippen MR) is 154 cm³/mol. The largest absolute Gasteiger partial charge is 0.494 e. The Balaban J connectivity index is 0.000000587. The summed E-state index contributed by atoms with van der Waals surface area (Å²) in [5.41, 5.74) is 2.90. The lowest BCUT2D eigenvalue weighted by molar-refractivity contribution is -0.192. The van der Waals surface area contributed by atoms with E-state index in [4.69, 9.17) is 14.6 Å². The minimum absolute atomic E-state index is 0.0998. The van der Waals surface area contributed by atoms with Gasteiger partial charge in [0.25, 0.3) is 5.91 Å². The van der Waals surface area contributed by atoms with Crippen molar-refractivity contribution in [2.24, 2.45) is 0 Å². The number of ether oxygens (including phenoxy) is 1. The van der Waals surface area contributed by atoms with Crippen LogP contribution in [0.2, 0.25) is 0 Å². The first-order chi connectivity index (χ1) is 19.7. The molecule has 0 aliphatic carbocycles. The van der Waals surface area contributed by atoms with E-state index < -0.39 is 12.1 Å². The maximum absolute atomic E-state index is 12.9. The molecule has 2 aromatic carbocycles. The maximum atomic E-state index is 12.9. The number of carboxylic acid groups (broad SMARTS) is 1. The van der Waals surface area contributed by atoms with Gasteiger partial charge in [0.2, 0.25) is 0 Å². The number of halogens is 3. The second-order valence-electron chi connectivity index (χ2n) is 10.2. The number of carbonyl (C=O) groups is 2. The Morgan fingerprint density at radius 2 is 1.51 bits per heavy atom. The van der Waals surface area contributed by atoms with Gasteiger partial charge in [0, 0.05) is 44.0 Å². The zero-order valence-corrected chi connectivity index (χ0v) is 23.5. The number of amides is 1. The second-order valence-corrected chi connectivity index (χ2v) is 10.2. The van der Waals surface area contributed by atoms with E-state index in [1.807, 2.05) is 29.2 Å². The number of piperazine rings is 1. The first kappa shape index (κ1) is 32.0. The number of carbonyl (C=O) groups excluding carboxylic acids is 1. The van der Waals surface area contributed by atoms with Crippen LogP contribution < -0.4 is 9.64 Å². The normalized spacial score (nSPS) is 16.6. The molecule has 4 rings (SSSR count). The number of likely N-dealkylation sites (tertiary alicyclic amines) is 1. The summed E-state index contributed by atoms with van der Waals surface area (Å²) in [6.45, 7) is 11.3. The van der Waals surface area contributed by atoms with Crippen molar-refractivity contribution in [2.45, 2.75) is 44.7 Å². The molecule has 10 heteroatoms. The lowest BCUT2D eigenvalue weighted by Crippen LogP contribution is -2.48. The van der Waals surface area contributed by atoms with Crippen LogP contribution in [0.5, 0.6) is 5.75 Å². The van der Waals surface area contributed by atoms with E-state index in [1.54, 1.807) is 6.08 Å². The number of hydrogen-bond donors (Lipinski definition) is 1.